The van der Waals surface area contributed by atoms with Crippen LogP contribution in [0.1, 0.15) is 32.8 Å². The number of rotatable bonds is 5. The molecule has 0 aromatic heterocycles. The highest BCUT2D eigenvalue weighted by atomic mass is 32.2. The van der Waals surface area contributed by atoms with Crippen molar-refractivity contribution in [2.75, 3.05) is 12.3 Å². The van der Waals surface area contributed by atoms with Crippen LogP contribution < -0.4 is 0 Å². The van der Waals surface area contributed by atoms with E-state index < -0.39 is 10.8 Å². The van der Waals surface area contributed by atoms with Gasteiger partial charge in [-0.15, -0.1) is 0 Å². The summed E-state index contributed by atoms with van der Waals surface area (Å²) in [5.41, 5.74) is 9.48. The van der Waals surface area contributed by atoms with Crippen molar-refractivity contribution in [2.45, 2.75) is 37.5 Å². The van der Waals surface area contributed by atoms with E-state index in [0.717, 1.165) is 4.90 Å². The number of nitrogens with zero attached hydrogens (tertiary/aromatic N) is 3. The molecule has 0 fully saturated rings. The van der Waals surface area contributed by atoms with E-state index in [2.05, 4.69) is 30.8 Å². The van der Waals surface area contributed by atoms with Crippen molar-refractivity contribution in [3.8, 4) is 0 Å². The quantitative estimate of drug-likeness (QED) is 0.345. The Bertz CT molecular complexity index is 456. The molecule has 0 bridgehead atoms. The molecule has 1 aromatic rings. The number of hydrogen-bond acceptors (Lipinski definition) is 2. The fourth-order valence-electron chi connectivity index (χ4n) is 1.54. The Morgan fingerprint density at radius 1 is 1.28 bits per heavy atom. The van der Waals surface area contributed by atoms with Crippen LogP contribution in [0.4, 0.5) is 0 Å². The second kappa shape index (κ2) is 6.57. The van der Waals surface area contributed by atoms with Gasteiger partial charge in [-0.05, 0) is 35.1 Å². The Hall–Kier alpha value is -1.32. The van der Waals surface area contributed by atoms with Crippen molar-refractivity contribution in [1.82, 2.24) is 0 Å². The van der Waals surface area contributed by atoms with Crippen LogP contribution in [0, 0.1) is 0 Å². The van der Waals surface area contributed by atoms with Crippen LogP contribution in [0.5, 0.6) is 0 Å². The molecule has 0 aliphatic carbocycles. The van der Waals surface area contributed by atoms with E-state index in [1.807, 2.05) is 24.3 Å². The first kappa shape index (κ1) is 14.7. The summed E-state index contributed by atoms with van der Waals surface area (Å²) in [4.78, 5) is 3.51. The van der Waals surface area contributed by atoms with Gasteiger partial charge in [0, 0.05) is 22.1 Å². The van der Waals surface area contributed by atoms with Gasteiger partial charge in [-0.3, -0.25) is 4.21 Å². The minimum atomic E-state index is -1.01. The Labute approximate surface area is 110 Å². The lowest BCUT2D eigenvalue weighted by molar-refractivity contribution is 0.589. The zero-order valence-electron chi connectivity index (χ0n) is 11.1. The average molecular weight is 265 g/mol. The molecular formula is C13H19N3OS. The van der Waals surface area contributed by atoms with Gasteiger partial charge in [0.25, 0.3) is 0 Å². The number of hydrogen-bond donors (Lipinski definition) is 0. The van der Waals surface area contributed by atoms with Crippen LogP contribution in [0.25, 0.3) is 10.4 Å². The average Bonchev–Trinajstić information content (AvgIpc) is 2.33. The standard InChI is InChI=1S/C13H19N3OS/c1-13(2,3)11-5-7-12(8-6-11)18(17)10-4-9-15-16-14/h5-8H,4,9-10H2,1-3H3. The highest BCUT2D eigenvalue weighted by Gasteiger charge is 2.13. The molecule has 1 atom stereocenters. The third-order valence-electron chi connectivity index (χ3n) is 2.63. The predicted molar refractivity (Wildman–Crippen MR) is 75.0 cm³/mol. The van der Waals surface area contributed by atoms with Gasteiger partial charge in [0.2, 0.25) is 0 Å². The van der Waals surface area contributed by atoms with Gasteiger partial charge in [-0.25, -0.2) is 0 Å². The van der Waals surface area contributed by atoms with Crippen LogP contribution in [-0.4, -0.2) is 16.5 Å². The van der Waals surface area contributed by atoms with Crippen molar-refractivity contribution in [2.24, 2.45) is 5.11 Å². The van der Waals surface area contributed by atoms with Gasteiger partial charge in [-0.1, -0.05) is 38.0 Å². The van der Waals surface area contributed by atoms with Crippen molar-refractivity contribution >= 4 is 10.8 Å². The van der Waals surface area contributed by atoms with Gasteiger partial charge < -0.3 is 0 Å². The maximum atomic E-state index is 11.9. The molecule has 0 radical (unpaired) electrons. The third kappa shape index (κ3) is 4.51. The van der Waals surface area contributed by atoms with E-state index in [1.165, 1.54) is 5.56 Å². The van der Waals surface area contributed by atoms with Crippen molar-refractivity contribution in [3.63, 3.8) is 0 Å². The molecule has 98 valence electrons. The van der Waals surface area contributed by atoms with Crippen molar-refractivity contribution in [3.05, 3.63) is 40.3 Å². The monoisotopic (exact) mass is 265 g/mol. The first-order chi connectivity index (χ1) is 8.45. The molecule has 0 amide bonds. The molecule has 0 aliphatic heterocycles. The zero-order valence-corrected chi connectivity index (χ0v) is 11.9. The Morgan fingerprint density at radius 3 is 2.39 bits per heavy atom. The van der Waals surface area contributed by atoms with Crippen LogP contribution in [0.15, 0.2) is 34.3 Å². The molecule has 0 saturated heterocycles. The van der Waals surface area contributed by atoms with E-state index in [9.17, 15) is 4.21 Å². The largest absolute Gasteiger partial charge is 0.254 e. The second-order valence-electron chi connectivity index (χ2n) is 5.13. The topological polar surface area (TPSA) is 65.8 Å². The molecule has 0 aliphatic rings. The molecule has 0 spiro atoms. The van der Waals surface area contributed by atoms with E-state index in [-0.39, 0.29) is 5.41 Å². The molecule has 1 unspecified atom stereocenters. The van der Waals surface area contributed by atoms with Crippen molar-refractivity contribution < 1.29 is 4.21 Å². The smallest absolute Gasteiger partial charge is 0.0529 e. The van der Waals surface area contributed by atoms with E-state index in [4.69, 9.17) is 5.53 Å². The number of azide groups is 1. The van der Waals surface area contributed by atoms with Gasteiger partial charge >= 0.3 is 0 Å². The van der Waals surface area contributed by atoms with Crippen LogP contribution in [-0.2, 0) is 16.2 Å². The normalized spacial score (nSPS) is 12.8. The SMILES string of the molecule is CC(C)(C)c1ccc(S(=O)CCCN=[N+]=[N-])cc1. The molecular weight excluding hydrogens is 246 g/mol. The fraction of sp³-hybridized carbons (Fsp3) is 0.538. The van der Waals surface area contributed by atoms with Gasteiger partial charge in [0.1, 0.15) is 0 Å². The van der Waals surface area contributed by atoms with E-state index in [0.29, 0.717) is 18.7 Å². The lowest BCUT2D eigenvalue weighted by atomic mass is 9.87. The third-order valence-corrected chi connectivity index (χ3v) is 4.09. The van der Waals surface area contributed by atoms with Crippen LogP contribution in [0.2, 0.25) is 0 Å². The highest BCUT2D eigenvalue weighted by molar-refractivity contribution is 7.85. The fourth-order valence-corrected chi connectivity index (χ4v) is 2.60. The summed E-state index contributed by atoms with van der Waals surface area (Å²) in [6.07, 6.45) is 0.650. The zero-order chi connectivity index (χ0) is 13.6. The lowest BCUT2D eigenvalue weighted by Gasteiger charge is -2.19. The summed E-state index contributed by atoms with van der Waals surface area (Å²) in [5.74, 6) is 0.536. The van der Waals surface area contributed by atoms with Gasteiger partial charge in [-0.2, -0.15) is 0 Å². The van der Waals surface area contributed by atoms with E-state index in [1.54, 1.807) is 0 Å². The molecule has 0 heterocycles. The molecule has 1 aromatic carbocycles. The number of benzene rings is 1. The highest BCUT2D eigenvalue weighted by Crippen LogP contribution is 2.23. The Morgan fingerprint density at radius 2 is 1.89 bits per heavy atom. The van der Waals surface area contributed by atoms with Crippen LogP contribution in [0.3, 0.4) is 0 Å². The first-order valence-corrected chi connectivity index (χ1v) is 7.27. The Kier molecular flexibility index (Phi) is 5.38. The maximum Gasteiger partial charge on any atom is 0.0529 e. The molecule has 5 heteroatoms. The molecule has 18 heavy (non-hydrogen) atoms. The van der Waals surface area contributed by atoms with Gasteiger partial charge in [0.05, 0.1) is 10.8 Å². The molecule has 0 saturated carbocycles. The minimum Gasteiger partial charge on any atom is -0.254 e. The minimum absolute atomic E-state index is 0.113. The predicted octanol–water partition coefficient (Wildman–Crippen LogP) is 3.79. The van der Waals surface area contributed by atoms with Gasteiger partial charge in [0.15, 0.2) is 0 Å². The summed E-state index contributed by atoms with van der Waals surface area (Å²) in [7, 11) is -1.01. The first-order valence-electron chi connectivity index (χ1n) is 5.95. The molecule has 4 nitrogen and oxygen atoms in total. The summed E-state index contributed by atoms with van der Waals surface area (Å²) in [6.45, 7) is 6.86. The second-order valence-corrected chi connectivity index (χ2v) is 6.70. The van der Waals surface area contributed by atoms with E-state index >= 15 is 0 Å². The summed E-state index contributed by atoms with van der Waals surface area (Å²) >= 11 is 0. The molecule has 0 N–H and O–H groups in total. The molecule has 1 rings (SSSR count). The lowest BCUT2D eigenvalue weighted by Crippen LogP contribution is -2.11. The summed E-state index contributed by atoms with van der Waals surface area (Å²) < 4.78 is 11.9. The Balaban J connectivity index is 2.62. The summed E-state index contributed by atoms with van der Waals surface area (Å²) in [6, 6.07) is 7.90. The van der Waals surface area contributed by atoms with Crippen molar-refractivity contribution in [1.29, 1.82) is 0 Å². The van der Waals surface area contributed by atoms with Crippen LogP contribution >= 0.6 is 0 Å². The maximum absolute atomic E-state index is 11.9. The summed E-state index contributed by atoms with van der Waals surface area (Å²) in [5, 5.41) is 3.43.